The average Bonchev–Trinajstić information content (AvgIpc) is 2.75. The van der Waals surface area contributed by atoms with E-state index in [0.29, 0.717) is 13.0 Å². The lowest BCUT2D eigenvalue weighted by molar-refractivity contribution is -0.131. The van der Waals surface area contributed by atoms with Crippen LogP contribution in [0.1, 0.15) is 16.8 Å². The molecule has 1 amide bonds. The minimum Gasteiger partial charge on any atom is -0.352 e. The Morgan fingerprint density at radius 3 is 2.75 bits per heavy atom. The predicted octanol–water partition coefficient (Wildman–Crippen LogP) is 3.67. The van der Waals surface area contributed by atoms with Crippen molar-refractivity contribution in [3.8, 4) is 0 Å². The van der Waals surface area contributed by atoms with Crippen molar-refractivity contribution in [2.24, 2.45) is 0 Å². The molecule has 20 heavy (non-hydrogen) atoms. The van der Waals surface area contributed by atoms with Crippen LogP contribution in [0.2, 0.25) is 0 Å². The minimum atomic E-state index is 0.186. The van der Waals surface area contributed by atoms with Gasteiger partial charge in [0.05, 0.1) is 15.5 Å². The summed E-state index contributed by atoms with van der Waals surface area (Å²) in [6, 6.07) is 9.90. The molecular formula is C15H14Br2N2O. The van der Waals surface area contributed by atoms with Gasteiger partial charge in [0.15, 0.2) is 0 Å². The van der Waals surface area contributed by atoms with Gasteiger partial charge in [0.2, 0.25) is 5.91 Å². The van der Waals surface area contributed by atoms with Crippen LogP contribution in [0.15, 0.2) is 39.4 Å². The van der Waals surface area contributed by atoms with Crippen LogP contribution in [0, 0.1) is 0 Å². The number of H-pyrrole nitrogens is 1. The number of halogens is 2. The molecule has 1 aliphatic heterocycles. The lowest BCUT2D eigenvalue weighted by atomic mass is 10.1. The van der Waals surface area contributed by atoms with Crippen molar-refractivity contribution in [1.82, 2.24) is 9.88 Å². The molecule has 2 aromatic rings. The molecule has 0 bridgehead atoms. The number of hydrogen-bond acceptors (Lipinski definition) is 1. The van der Waals surface area contributed by atoms with Gasteiger partial charge in [-0.2, -0.15) is 0 Å². The number of benzene rings is 1. The number of fused-ring (bicyclic) bond motifs is 1. The number of aromatic nitrogens is 1. The molecule has 104 valence electrons. The van der Waals surface area contributed by atoms with Gasteiger partial charge in [-0.3, -0.25) is 4.79 Å². The first kappa shape index (κ1) is 13.9. The van der Waals surface area contributed by atoms with Gasteiger partial charge in [-0.1, -0.05) is 30.3 Å². The number of nitrogens with one attached hydrogen (secondary N) is 1. The maximum Gasteiger partial charge on any atom is 0.227 e. The molecule has 1 aromatic carbocycles. The first-order valence-electron chi connectivity index (χ1n) is 6.51. The van der Waals surface area contributed by atoms with Gasteiger partial charge in [-0.25, -0.2) is 0 Å². The van der Waals surface area contributed by atoms with E-state index in [1.807, 2.05) is 35.2 Å². The van der Waals surface area contributed by atoms with Gasteiger partial charge in [-0.05, 0) is 37.4 Å². The number of nitrogens with zero attached hydrogens (tertiary/aromatic N) is 1. The predicted molar refractivity (Wildman–Crippen MR) is 85.5 cm³/mol. The molecular weight excluding hydrogens is 384 g/mol. The Morgan fingerprint density at radius 1 is 1.25 bits per heavy atom. The largest absolute Gasteiger partial charge is 0.352 e. The number of amides is 1. The Hall–Kier alpha value is -1.07. The van der Waals surface area contributed by atoms with Crippen molar-refractivity contribution >= 4 is 37.8 Å². The molecule has 0 aliphatic carbocycles. The van der Waals surface area contributed by atoms with E-state index in [9.17, 15) is 4.79 Å². The molecule has 1 aromatic heterocycles. The fourth-order valence-corrected chi connectivity index (χ4v) is 3.46. The highest BCUT2D eigenvalue weighted by Crippen LogP contribution is 2.33. The van der Waals surface area contributed by atoms with Crippen LogP contribution in [-0.4, -0.2) is 22.3 Å². The normalized spacial score (nSPS) is 14.2. The van der Waals surface area contributed by atoms with E-state index in [4.69, 9.17) is 0 Å². The summed E-state index contributed by atoms with van der Waals surface area (Å²) in [7, 11) is 0. The Kier molecular flexibility index (Phi) is 3.98. The maximum atomic E-state index is 12.4. The van der Waals surface area contributed by atoms with Gasteiger partial charge in [0.1, 0.15) is 0 Å². The summed E-state index contributed by atoms with van der Waals surface area (Å²) < 4.78 is 1.99. The highest BCUT2D eigenvalue weighted by atomic mass is 79.9. The molecule has 1 aliphatic rings. The van der Waals surface area contributed by atoms with E-state index in [2.05, 4.69) is 36.8 Å². The molecule has 2 heterocycles. The zero-order valence-corrected chi connectivity index (χ0v) is 14.0. The third-order valence-electron chi connectivity index (χ3n) is 3.61. The summed E-state index contributed by atoms with van der Waals surface area (Å²) in [6.45, 7) is 1.45. The summed E-state index contributed by atoms with van der Waals surface area (Å²) in [5.74, 6) is 0.186. The number of carbonyl (C=O) groups excluding carboxylic acids is 1. The second-order valence-corrected chi connectivity index (χ2v) is 6.52. The van der Waals surface area contributed by atoms with Crippen LogP contribution in [0.3, 0.4) is 0 Å². The molecule has 0 radical (unpaired) electrons. The van der Waals surface area contributed by atoms with Gasteiger partial charge in [0, 0.05) is 30.8 Å². The van der Waals surface area contributed by atoms with E-state index >= 15 is 0 Å². The SMILES string of the molecule is O=C(Cc1ccccc1)N1CCc2[nH]c(Br)c(Br)c2C1. The molecule has 0 saturated carbocycles. The molecule has 0 unspecified atom stereocenters. The van der Waals surface area contributed by atoms with E-state index in [1.165, 1.54) is 11.3 Å². The number of rotatable bonds is 2. The summed E-state index contributed by atoms with van der Waals surface area (Å²) in [6.07, 6.45) is 1.35. The van der Waals surface area contributed by atoms with Crippen LogP contribution in [0.4, 0.5) is 0 Å². The summed E-state index contributed by atoms with van der Waals surface area (Å²) in [5.41, 5.74) is 3.47. The molecule has 0 saturated heterocycles. The monoisotopic (exact) mass is 396 g/mol. The second-order valence-electron chi connectivity index (χ2n) is 4.94. The molecule has 3 nitrogen and oxygen atoms in total. The van der Waals surface area contributed by atoms with Crippen molar-refractivity contribution in [2.45, 2.75) is 19.4 Å². The number of hydrogen-bond donors (Lipinski definition) is 1. The Balaban J connectivity index is 1.73. The molecule has 5 heteroatoms. The molecule has 0 atom stereocenters. The van der Waals surface area contributed by atoms with Crippen LogP contribution >= 0.6 is 31.9 Å². The third kappa shape index (κ3) is 2.69. The third-order valence-corrected chi connectivity index (χ3v) is 5.62. The Morgan fingerprint density at radius 2 is 2.00 bits per heavy atom. The number of carbonyl (C=O) groups is 1. The molecule has 1 N–H and O–H groups in total. The van der Waals surface area contributed by atoms with Crippen molar-refractivity contribution in [3.05, 3.63) is 56.2 Å². The van der Waals surface area contributed by atoms with E-state index < -0.39 is 0 Å². The van der Waals surface area contributed by atoms with Gasteiger partial charge < -0.3 is 9.88 Å². The fourth-order valence-electron chi connectivity index (χ4n) is 2.52. The van der Waals surface area contributed by atoms with Crippen LogP contribution < -0.4 is 0 Å². The van der Waals surface area contributed by atoms with Crippen molar-refractivity contribution in [3.63, 3.8) is 0 Å². The zero-order valence-electron chi connectivity index (χ0n) is 10.8. The topological polar surface area (TPSA) is 36.1 Å². The van der Waals surface area contributed by atoms with E-state index in [1.54, 1.807) is 0 Å². The fraction of sp³-hybridized carbons (Fsp3) is 0.267. The first-order valence-corrected chi connectivity index (χ1v) is 8.10. The Labute approximate surface area is 134 Å². The number of aromatic amines is 1. The minimum absolute atomic E-state index is 0.186. The van der Waals surface area contributed by atoms with Crippen LogP contribution in [0.5, 0.6) is 0 Å². The maximum absolute atomic E-state index is 12.4. The smallest absolute Gasteiger partial charge is 0.227 e. The molecule has 0 spiro atoms. The molecule has 3 rings (SSSR count). The lowest BCUT2D eigenvalue weighted by Gasteiger charge is -2.27. The second kappa shape index (κ2) is 5.74. The summed E-state index contributed by atoms with van der Waals surface area (Å²) in [4.78, 5) is 17.6. The Bertz CT molecular complexity index is 637. The lowest BCUT2D eigenvalue weighted by Crippen LogP contribution is -2.36. The van der Waals surface area contributed by atoms with Gasteiger partial charge in [0.25, 0.3) is 0 Å². The first-order chi connectivity index (χ1) is 9.65. The van der Waals surface area contributed by atoms with E-state index in [-0.39, 0.29) is 5.91 Å². The van der Waals surface area contributed by atoms with Gasteiger partial charge in [-0.15, -0.1) is 0 Å². The average molecular weight is 398 g/mol. The van der Waals surface area contributed by atoms with Crippen LogP contribution in [0.25, 0.3) is 0 Å². The quantitative estimate of drug-likeness (QED) is 0.824. The highest BCUT2D eigenvalue weighted by molar-refractivity contribution is 9.13. The van der Waals surface area contributed by atoms with E-state index in [0.717, 1.165) is 27.6 Å². The van der Waals surface area contributed by atoms with Crippen molar-refractivity contribution in [1.29, 1.82) is 0 Å². The van der Waals surface area contributed by atoms with Gasteiger partial charge >= 0.3 is 0 Å². The van der Waals surface area contributed by atoms with Crippen LogP contribution in [-0.2, 0) is 24.2 Å². The summed E-state index contributed by atoms with van der Waals surface area (Å²) >= 11 is 7.04. The summed E-state index contributed by atoms with van der Waals surface area (Å²) in [5, 5.41) is 0. The van der Waals surface area contributed by atoms with Crippen molar-refractivity contribution in [2.75, 3.05) is 6.54 Å². The molecule has 0 fully saturated rings. The van der Waals surface area contributed by atoms with Crippen molar-refractivity contribution < 1.29 is 4.79 Å². The highest BCUT2D eigenvalue weighted by Gasteiger charge is 2.25. The zero-order chi connectivity index (χ0) is 14.1. The standard InChI is InChI=1S/C15H14Br2N2O/c16-14-11-9-19(7-6-12(11)18-15(14)17)13(20)8-10-4-2-1-3-5-10/h1-5,18H,6-9H2.